The molecule has 4 aromatic rings. The summed E-state index contributed by atoms with van der Waals surface area (Å²) in [4.78, 5) is 41.8. The molecule has 3 aromatic heterocycles. The van der Waals surface area contributed by atoms with Gasteiger partial charge in [0.05, 0.1) is 6.33 Å². The molecule has 0 aliphatic carbocycles. The molecule has 0 aliphatic rings. The van der Waals surface area contributed by atoms with Crippen LogP contribution in [0.5, 0.6) is 0 Å². The van der Waals surface area contributed by atoms with Gasteiger partial charge in [0.15, 0.2) is 6.61 Å². The summed E-state index contributed by atoms with van der Waals surface area (Å²) in [6.07, 6.45) is 2.24. The summed E-state index contributed by atoms with van der Waals surface area (Å²) >= 11 is 0. The molecule has 0 amide bonds. The molecule has 3 heterocycles. The van der Waals surface area contributed by atoms with Crippen LogP contribution in [0.25, 0.3) is 22.1 Å². The monoisotopic (exact) mass is 421 g/mol. The first-order valence-electron chi connectivity index (χ1n) is 10.1. The van der Waals surface area contributed by atoms with Crippen molar-refractivity contribution in [3.8, 4) is 0 Å². The number of ketones is 1. The number of furan rings is 1. The number of hydrogen-bond acceptors (Lipinski definition) is 6. The first kappa shape index (κ1) is 20.6. The predicted molar refractivity (Wildman–Crippen MR) is 115 cm³/mol. The molecule has 8 nitrogen and oxygen atoms in total. The number of Topliss-reactive ketones (excluding diaryl/α,β-unsaturated/α-hetero) is 1. The molecule has 31 heavy (non-hydrogen) atoms. The largest absolute Gasteiger partial charge is 0.456 e. The second-order valence-electron chi connectivity index (χ2n) is 7.47. The van der Waals surface area contributed by atoms with Crippen molar-refractivity contribution in [2.24, 2.45) is 0 Å². The summed E-state index contributed by atoms with van der Waals surface area (Å²) in [5, 5.41) is 0.732. The van der Waals surface area contributed by atoms with Gasteiger partial charge in [-0.25, -0.2) is 4.98 Å². The quantitative estimate of drug-likeness (QED) is 0.335. The molecule has 0 aliphatic heterocycles. The van der Waals surface area contributed by atoms with E-state index in [1.54, 1.807) is 12.1 Å². The van der Waals surface area contributed by atoms with Crippen LogP contribution in [-0.2, 0) is 22.6 Å². The molecular formula is C23H23N3O5. The van der Waals surface area contributed by atoms with Gasteiger partial charge in [0.25, 0.3) is 5.56 Å². The lowest BCUT2D eigenvalue weighted by atomic mass is 10.1. The number of fused-ring (bicyclic) bond motifs is 3. The van der Waals surface area contributed by atoms with E-state index in [4.69, 9.17) is 9.15 Å². The van der Waals surface area contributed by atoms with Gasteiger partial charge in [-0.15, -0.1) is 0 Å². The first-order valence-corrected chi connectivity index (χ1v) is 10.1. The third-order valence-corrected chi connectivity index (χ3v) is 5.34. The van der Waals surface area contributed by atoms with E-state index in [0.29, 0.717) is 16.7 Å². The molecule has 0 saturated heterocycles. The van der Waals surface area contributed by atoms with E-state index in [1.807, 2.05) is 32.0 Å². The minimum Gasteiger partial charge on any atom is -0.456 e. The Kier molecular flexibility index (Phi) is 5.46. The Morgan fingerprint density at radius 1 is 1.19 bits per heavy atom. The molecule has 0 fully saturated rings. The van der Waals surface area contributed by atoms with Gasteiger partial charge in [0.2, 0.25) is 11.4 Å². The third kappa shape index (κ3) is 3.76. The van der Waals surface area contributed by atoms with Gasteiger partial charge in [-0.3, -0.25) is 19.0 Å². The molecule has 0 N–H and O–H groups in total. The number of aryl methyl sites for hydroxylation is 1. The van der Waals surface area contributed by atoms with E-state index < -0.39 is 11.5 Å². The number of esters is 1. The van der Waals surface area contributed by atoms with Crippen LogP contribution in [0.15, 0.2) is 45.9 Å². The van der Waals surface area contributed by atoms with Crippen molar-refractivity contribution < 1.29 is 18.7 Å². The topological polar surface area (TPSA) is 96.3 Å². The van der Waals surface area contributed by atoms with Gasteiger partial charge in [0, 0.05) is 28.9 Å². The Morgan fingerprint density at radius 3 is 2.74 bits per heavy atom. The number of aromatic nitrogens is 3. The molecular weight excluding hydrogens is 398 g/mol. The predicted octanol–water partition coefficient (Wildman–Crippen LogP) is 3.40. The lowest BCUT2D eigenvalue weighted by Crippen LogP contribution is -2.26. The van der Waals surface area contributed by atoms with Crippen molar-refractivity contribution in [1.29, 1.82) is 0 Å². The van der Waals surface area contributed by atoms with Crippen LogP contribution >= 0.6 is 0 Å². The summed E-state index contributed by atoms with van der Waals surface area (Å²) in [6.45, 7) is 5.97. The average Bonchev–Trinajstić information content (AvgIpc) is 3.27. The lowest BCUT2D eigenvalue weighted by Gasteiger charge is -2.08. The SMILES string of the molecule is CCCn1c(C)cc(C(=O)COC(=O)Cn2cnc3c(oc4ccccc43)c2=O)c1C. The van der Waals surface area contributed by atoms with Crippen LogP contribution in [0.4, 0.5) is 0 Å². The number of rotatable bonds is 7. The standard InChI is InChI=1S/C23H23N3O5/c1-4-9-26-14(2)10-17(15(26)3)18(27)12-30-20(28)11-25-13-24-21-16-7-5-6-8-19(16)31-22(21)23(25)29/h5-8,10,13H,4,9,11-12H2,1-3H3. The molecule has 1 aromatic carbocycles. The van der Waals surface area contributed by atoms with Crippen LogP contribution in [0.1, 0.15) is 35.1 Å². The van der Waals surface area contributed by atoms with Crippen molar-refractivity contribution >= 4 is 33.8 Å². The number of hydrogen-bond donors (Lipinski definition) is 0. The first-order chi connectivity index (χ1) is 14.9. The fourth-order valence-corrected chi connectivity index (χ4v) is 3.79. The van der Waals surface area contributed by atoms with Crippen molar-refractivity contribution in [2.45, 2.75) is 40.3 Å². The zero-order chi connectivity index (χ0) is 22.1. The maximum atomic E-state index is 12.7. The van der Waals surface area contributed by atoms with Gasteiger partial charge in [-0.1, -0.05) is 19.1 Å². The van der Waals surface area contributed by atoms with E-state index in [-0.39, 0.29) is 24.5 Å². The molecule has 160 valence electrons. The summed E-state index contributed by atoms with van der Waals surface area (Å²) in [5.74, 6) is -0.975. The smallest absolute Gasteiger partial charge is 0.326 e. The average molecular weight is 421 g/mol. The van der Waals surface area contributed by atoms with Crippen molar-refractivity contribution in [1.82, 2.24) is 14.1 Å². The van der Waals surface area contributed by atoms with Crippen LogP contribution in [0.2, 0.25) is 0 Å². The minimum atomic E-state index is -0.699. The normalized spacial score (nSPS) is 11.3. The molecule has 0 bridgehead atoms. The summed E-state index contributed by atoms with van der Waals surface area (Å²) in [5.41, 5.74) is 2.99. The van der Waals surface area contributed by atoms with Crippen LogP contribution in [-0.4, -0.2) is 32.5 Å². The van der Waals surface area contributed by atoms with Crippen molar-refractivity contribution in [2.75, 3.05) is 6.61 Å². The van der Waals surface area contributed by atoms with Crippen LogP contribution in [0.3, 0.4) is 0 Å². The van der Waals surface area contributed by atoms with E-state index in [1.165, 1.54) is 6.33 Å². The third-order valence-electron chi connectivity index (χ3n) is 5.34. The number of carbonyl (C=O) groups excluding carboxylic acids is 2. The van der Waals surface area contributed by atoms with Gasteiger partial charge < -0.3 is 13.7 Å². The highest BCUT2D eigenvalue weighted by Gasteiger charge is 2.18. The minimum absolute atomic E-state index is 0.0796. The van der Waals surface area contributed by atoms with Gasteiger partial charge in [-0.2, -0.15) is 0 Å². The number of para-hydroxylation sites is 1. The van der Waals surface area contributed by atoms with Gasteiger partial charge in [0.1, 0.15) is 17.6 Å². The number of ether oxygens (including phenoxy) is 1. The fraction of sp³-hybridized carbons (Fsp3) is 0.304. The highest BCUT2D eigenvalue weighted by molar-refractivity contribution is 6.02. The summed E-state index contributed by atoms with van der Waals surface area (Å²) < 4.78 is 13.9. The van der Waals surface area contributed by atoms with E-state index >= 15 is 0 Å². The maximum Gasteiger partial charge on any atom is 0.326 e. The Bertz CT molecular complexity index is 1360. The number of nitrogens with zero attached hydrogens (tertiary/aromatic N) is 3. The van der Waals surface area contributed by atoms with Crippen LogP contribution < -0.4 is 5.56 Å². The Hall–Kier alpha value is -3.68. The summed E-state index contributed by atoms with van der Waals surface area (Å²) in [6, 6.07) is 9.01. The van der Waals surface area contributed by atoms with E-state index in [0.717, 1.165) is 34.3 Å². The van der Waals surface area contributed by atoms with Crippen LogP contribution in [0, 0.1) is 13.8 Å². The van der Waals surface area contributed by atoms with Crippen molar-refractivity contribution in [3.05, 3.63) is 64.0 Å². The molecule has 4 rings (SSSR count). The molecule has 0 radical (unpaired) electrons. The Morgan fingerprint density at radius 2 is 1.97 bits per heavy atom. The van der Waals surface area contributed by atoms with Gasteiger partial charge in [-0.05, 0) is 38.5 Å². The maximum absolute atomic E-state index is 12.7. The second kappa shape index (κ2) is 8.22. The van der Waals surface area contributed by atoms with Gasteiger partial charge >= 0.3 is 5.97 Å². The summed E-state index contributed by atoms with van der Waals surface area (Å²) in [7, 11) is 0. The fourth-order valence-electron chi connectivity index (χ4n) is 3.79. The highest BCUT2D eigenvalue weighted by Crippen LogP contribution is 2.24. The Labute approximate surface area is 178 Å². The zero-order valence-electron chi connectivity index (χ0n) is 17.7. The molecule has 0 atom stereocenters. The molecule has 0 unspecified atom stereocenters. The lowest BCUT2D eigenvalue weighted by molar-refractivity contribution is -0.143. The zero-order valence-corrected chi connectivity index (χ0v) is 17.7. The highest BCUT2D eigenvalue weighted by atomic mass is 16.5. The molecule has 8 heteroatoms. The molecule has 0 saturated carbocycles. The Balaban J connectivity index is 1.47. The number of benzene rings is 1. The van der Waals surface area contributed by atoms with Crippen molar-refractivity contribution in [3.63, 3.8) is 0 Å². The van der Waals surface area contributed by atoms with E-state index in [2.05, 4.69) is 16.5 Å². The van der Waals surface area contributed by atoms with E-state index in [9.17, 15) is 14.4 Å². The second-order valence-corrected chi connectivity index (χ2v) is 7.47. The molecule has 0 spiro atoms. The number of carbonyl (C=O) groups is 2.